The van der Waals surface area contributed by atoms with Gasteiger partial charge in [-0.2, -0.15) is 0 Å². The molecule has 3 nitrogen and oxygen atoms in total. The van der Waals surface area contributed by atoms with E-state index in [1.165, 1.54) is 6.07 Å². The van der Waals surface area contributed by atoms with Crippen LogP contribution in [0.1, 0.15) is 13.8 Å². The number of ether oxygens (including phenoxy) is 1. The molecule has 1 aliphatic heterocycles. The first-order valence-electron chi connectivity index (χ1n) is 6.71. The zero-order valence-corrected chi connectivity index (χ0v) is 13.2. The zero-order chi connectivity index (χ0) is 14.7. The Labute approximate surface area is 126 Å². The number of hydrogen-bond acceptors (Lipinski definition) is 3. The molecule has 0 aromatic heterocycles. The fourth-order valence-corrected chi connectivity index (χ4v) is 2.81. The molecule has 6 heteroatoms. The maximum atomic E-state index is 13.7. The first kappa shape index (κ1) is 15.7. The van der Waals surface area contributed by atoms with E-state index in [9.17, 15) is 8.78 Å². The molecule has 0 amide bonds. The van der Waals surface area contributed by atoms with Gasteiger partial charge in [0, 0.05) is 36.2 Å². The van der Waals surface area contributed by atoms with Crippen LogP contribution in [0.25, 0.3) is 0 Å². The summed E-state index contributed by atoms with van der Waals surface area (Å²) in [6.07, 6.45) is 0.00232. The van der Waals surface area contributed by atoms with E-state index in [1.54, 1.807) is 0 Å². The molecule has 112 valence electrons. The Balaban J connectivity index is 1.95. The van der Waals surface area contributed by atoms with Gasteiger partial charge < -0.3 is 10.1 Å². The molecular formula is C14H19BrF2N2O. The highest BCUT2D eigenvalue weighted by Gasteiger charge is 2.22. The number of anilines is 1. The topological polar surface area (TPSA) is 24.5 Å². The molecule has 1 saturated heterocycles. The van der Waals surface area contributed by atoms with E-state index < -0.39 is 11.6 Å². The number of rotatable bonds is 4. The molecule has 1 heterocycles. The Kier molecular flexibility index (Phi) is 5.35. The van der Waals surface area contributed by atoms with Crippen molar-refractivity contribution in [3.05, 3.63) is 28.2 Å². The largest absolute Gasteiger partial charge is 0.379 e. The average molecular weight is 349 g/mol. The van der Waals surface area contributed by atoms with Crippen LogP contribution in [-0.2, 0) is 4.74 Å². The predicted molar refractivity (Wildman–Crippen MR) is 79.0 cm³/mol. The molecule has 1 aromatic carbocycles. The van der Waals surface area contributed by atoms with Gasteiger partial charge in [-0.05, 0) is 35.8 Å². The van der Waals surface area contributed by atoms with E-state index in [0.29, 0.717) is 23.7 Å². The lowest BCUT2D eigenvalue weighted by Gasteiger charge is -2.35. The molecule has 1 fully saturated rings. The van der Waals surface area contributed by atoms with E-state index >= 15 is 0 Å². The van der Waals surface area contributed by atoms with Crippen molar-refractivity contribution in [2.45, 2.75) is 26.0 Å². The molecule has 0 radical (unpaired) electrons. The summed E-state index contributed by atoms with van der Waals surface area (Å²) in [5.74, 6) is -1.20. The lowest BCUT2D eigenvalue weighted by Crippen LogP contribution is -2.48. The summed E-state index contributed by atoms with van der Waals surface area (Å²) in [5, 5.41) is 3.00. The van der Waals surface area contributed by atoms with Crippen LogP contribution in [0.15, 0.2) is 16.6 Å². The van der Waals surface area contributed by atoms with Crippen LogP contribution in [0.2, 0.25) is 0 Å². The molecule has 0 bridgehead atoms. The van der Waals surface area contributed by atoms with Crippen molar-refractivity contribution in [1.82, 2.24) is 4.90 Å². The molecule has 1 aliphatic rings. The first-order chi connectivity index (χ1) is 9.47. The molecule has 0 saturated carbocycles. The van der Waals surface area contributed by atoms with Crippen molar-refractivity contribution in [2.75, 3.05) is 31.6 Å². The first-order valence-corrected chi connectivity index (χ1v) is 7.50. The van der Waals surface area contributed by atoms with Crippen LogP contribution in [0.4, 0.5) is 14.5 Å². The molecule has 2 rings (SSSR count). The van der Waals surface area contributed by atoms with Gasteiger partial charge in [-0.3, -0.25) is 4.90 Å². The van der Waals surface area contributed by atoms with Crippen LogP contribution in [-0.4, -0.2) is 43.3 Å². The summed E-state index contributed by atoms with van der Waals surface area (Å²) in [6.45, 7) is 7.19. The molecule has 1 atom stereocenters. The van der Waals surface area contributed by atoms with E-state index in [1.807, 2.05) is 0 Å². The Morgan fingerprint density at radius 1 is 1.45 bits per heavy atom. The Hall–Kier alpha value is -0.720. The minimum absolute atomic E-state index is 0.00232. The Bertz CT molecular complexity index is 447. The highest BCUT2D eigenvalue weighted by molar-refractivity contribution is 9.10. The molecular weight excluding hydrogens is 330 g/mol. The normalized spacial score (nSPS) is 20.4. The molecule has 1 unspecified atom stereocenters. The molecule has 20 heavy (non-hydrogen) atoms. The minimum atomic E-state index is -0.603. The second kappa shape index (κ2) is 6.83. The Morgan fingerprint density at radius 2 is 2.20 bits per heavy atom. The van der Waals surface area contributed by atoms with E-state index in [-0.39, 0.29) is 11.8 Å². The van der Waals surface area contributed by atoms with Crippen molar-refractivity contribution >= 4 is 21.6 Å². The van der Waals surface area contributed by atoms with Crippen LogP contribution in [0.5, 0.6) is 0 Å². The maximum absolute atomic E-state index is 13.7. The maximum Gasteiger partial charge on any atom is 0.150 e. The summed E-state index contributed by atoms with van der Waals surface area (Å²) >= 11 is 3.16. The van der Waals surface area contributed by atoms with Gasteiger partial charge in [0.05, 0.1) is 18.4 Å². The van der Waals surface area contributed by atoms with E-state index in [2.05, 4.69) is 40.0 Å². The zero-order valence-electron chi connectivity index (χ0n) is 11.6. The smallest absolute Gasteiger partial charge is 0.150 e. The quantitative estimate of drug-likeness (QED) is 0.903. The van der Waals surface area contributed by atoms with Gasteiger partial charge >= 0.3 is 0 Å². The van der Waals surface area contributed by atoms with Crippen molar-refractivity contribution in [3.8, 4) is 0 Å². The fourth-order valence-electron chi connectivity index (χ4n) is 2.26. The third-order valence-electron chi connectivity index (χ3n) is 3.41. The van der Waals surface area contributed by atoms with Crippen LogP contribution < -0.4 is 5.32 Å². The predicted octanol–water partition coefficient (Wildman–Crippen LogP) is 3.25. The van der Waals surface area contributed by atoms with Gasteiger partial charge in [0.25, 0.3) is 0 Å². The number of nitrogens with zero attached hydrogens (tertiary/aromatic N) is 1. The number of hydrogen-bond donors (Lipinski definition) is 1. The van der Waals surface area contributed by atoms with Crippen molar-refractivity contribution in [2.24, 2.45) is 0 Å². The monoisotopic (exact) mass is 348 g/mol. The molecule has 0 aliphatic carbocycles. The van der Waals surface area contributed by atoms with Gasteiger partial charge in [-0.1, -0.05) is 0 Å². The van der Waals surface area contributed by atoms with Gasteiger partial charge in [-0.25, -0.2) is 8.78 Å². The van der Waals surface area contributed by atoms with Crippen molar-refractivity contribution < 1.29 is 13.5 Å². The summed E-state index contributed by atoms with van der Waals surface area (Å²) in [6, 6.07) is 2.58. The second-order valence-electron chi connectivity index (χ2n) is 5.21. The van der Waals surface area contributed by atoms with Gasteiger partial charge in [0.1, 0.15) is 11.6 Å². The lowest BCUT2D eigenvalue weighted by atomic mass is 10.2. The summed E-state index contributed by atoms with van der Waals surface area (Å²) < 4.78 is 32.7. The molecule has 0 spiro atoms. The fraction of sp³-hybridized carbons (Fsp3) is 0.571. The number of halogens is 3. The third kappa shape index (κ3) is 3.90. The number of benzene rings is 1. The molecule has 1 N–H and O–H groups in total. The van der Waals surface area contributed by atoms with Gasteiger partial charge in [0.2, 0.25) is 0 Å². The highest BCUT2D eigenvalue weighted by atomic mass is 79.9. The van der Waals surface area contributed by atoms with Gasteiger partial charge in [-0.15, -0.1) is 0 Å². The van der Waals surface area contributed by atoms with Crippen LogP contribution >= 0.6 is 15.9 Å². The summed E-state index contributed by atoms with van der Waals surface area (Å²) in [4.78, 5) is 2.33. The Morgan fingerprint density at radius 3 is 2.85 bits per heavy atom. The van der Waals surface area contributed by atoms with E-state index in [4.69, 9.17) is 4.74 Å². The lowest BCUT2D eigenvalue weighted by molar-refractivity contribution is -0.0315. The summed E-state index contributed by atoms with van der Waals surface area (Å²) in [5.41, 5.74) is 0.275. The third-order valence-corrected chi connectivity index (χ3v) is 4.04. The van der Waals surface area contributed by atoms with Crippen molar-refractivity contribution in [1.29, 1.82) is 0 Å². The van der Waals surface area contributed by atoms with Gasteiger partial charge in [0.15, 0.2) is 0 Å². The molecule has 1 aromatic rings. The standard InChI is InChI=1S/C14H19BrF2N2O/c1-9(2)19-3-4-20-11(8-19)7-18-14-12(15)5-10(16)6-13(14)17/h5-6,9,11,18H,3-4,7-8H2,1-2H3. The minimum Gasteiger partial charge on any atom is -0.379 e. The van der Waals surface area contributed by atoms with Crippen LogP contribution in [0.3, 0.4) is 0 Å². The van der Waals surface area contributed by atoms with E-state index in [0.717, 1.165) is 19.2 Å². The number of morpholine rings is 1. The summed E-state index contributed by atoms with van der Waals surface area (Å²) in [7, 11) is 0. The second-order valence-corrected chi connectivity index (χ2v) is 6.06. The number of nitrogens with one attached hydrogen (secondary N) is 1. The highest BCUT2D eigenvalue weighted by Crippen LogP contribution is 2.27. The average Bonchev–Trinajstić information content (AvgIpc) is 2.37. The SMILES string of the molecule is CC(C)N1CCOC(CNc2c(F)cc(F)cc2Br)C1. The van der Waals surface area contributed by atoms with Crippen LogP contribution in [0, 0.1) is 11.6 Å². The van der Waals surface area contributed by atoms with Crippen molar-refractivity contribution in [3.63, 3.8) is 0 Å².